The van der Waals surface area contributed by atoms with Gasteiger partial charge in [-0.15, -0.1) is 11.3 Å². The molecular weight excluding hydrogens is 743 g/mol. The Morgan fingerprint density at radius 3 is 1.80 bits per heavy atom. The Balaban J connectivity index is 0.876. The van der Waals surface area contributed by atoms with E-state index >= 15 is 0 Å². The Bertz CT molecular complexity index is 3100. The minimum absolute atomic E-state index is 0.0102. The first-order valence-corrected chi connectivity index (χ1v) is 22.4. The predicted molar refractivity (Wildman–Crippen MR) is 256 cm³/mol. The van der Waals surface area contributed by atoms with Crippen molar-refractivity contribution in [3.05, 3.63) is 211 Å². The van der Waals surface area contributed by atoms with E-state index in [-0.39, 0.29) is 5.41 Å². The fourth-order valence-corrected chi connectivity index (χ4v) is 12.2. The first-order valence-electron chi connectivity index (χ1n) is 21.6. The molecule has 12 rings (SSSR count). The molecule has 0 N–H and O–H groups in total. The highest BCUT2D eigenvalue weighted by atomic mass is 32.1. The van der Waals surface area contributed by atoms with Crippen LogP contribution in [0.2, 0.25) is 0 Å². The molecule has 3 unspecified atom stereocenters. The third kappa shape index (κ3) is 5.73. The number of hydrogen-bond acceptors (Lipinski definition) is 2. The largest absolute Gasteiger partial charge is 0.310 e. The van der Waals surface area contributed by atoms with E-state index < -0.39 is 0 Å². The second-order valence-corrected chi connectivity index (χ2v) is 18.5. The Labute approximate surface area is 356 Å². The summed E-state index contributed by atoms with van der Waals surface area (Å²) >= 11 is 1.87. The standard InChI is InChI=1S/C58H45NS/c1-38-33-39-31-32-58(46(34-38)35-39)54-13-7-5-11-50(54)51-29-23-45(36-55(51)58)44-17-15-41(16-18-44)43-21-26-48(27-22-43)59(47-24-19-42(20-25-47)40-9-3-2-4-10-40)49-28-30-53-52-12-6-8-14-56(52)60-57(53)37-49/h2-30,34,36-39H,31-33,35H2,1H3. The molecule has 288 valence electrons. The third-order valence-corrected chi connectivity index (χ3v) is 15.0. The Kier molecular flexibility index (Phi) is 8.32. The van der Waals surface area contributed by atoms with Gasteiger partial charge >= 0.3 is 0 Å². The van der Waals surface area contributed by atoms with E-state index in [1.54, 1.807) is 5.57 Å². The van der Waals surface area contributed by atoms with Crippen molar-refractivity contribution < 1.29 is 0 Å². The molecule has 0 saturated heterocycles. The summed E-state index contributed by atoms with van der Waals surface area (Å²) in [4.78, 5) is 2.39. The summed E-state index contributed by atoms with van der Waals surface area (Å²) in [5.41, 5.74) is 18.4. The van der Waals surface area contributed by atoms with Crippen molar-refractivity contribution in [3.8, 4) is 44.5 Å². The van der Waals surface area contributed by atoms with Crippen LogP contribution in [0, 0.1) is 11.8 Å². The molecule has 60 heavy (non-hydrogen) atoms. The zero-order chi connectivity index (χ0) is 39.8. The van der Waals surface area contributed by atoms with E-state index in [4.69, 9.17) is 0 Å². The van der Waals surface area contributed by atoms with Crippen molar-refractivity contribution in [1.29, 1.82) is 0 Å². The van der Waals surface area contributed by atoms with Crippen LogP contribution >= 0.6 is 11.3 Å². The van der Waals surface area contributed by atoms with Crippen LogP contribution in [-0.2, 0) is 5.41 Å². The van der Waals surface area contributed by atoms with Crippen LogP contribution in [0.15, 0.2) is 200 Å². The Morgan fingerprint density at radius 1 is 0.483 bits per heavy atom. The van der Waals surface area contributed by atoms with Crippen LogP contribution in [-0.4, -0.2) is 0 Å². The first kappa shape index (κ1) is 35.5. The Hall–Kier alpha value is -6.48. The van der Waals surface area contributed by atoms with Crippen LogP contribution < -0.4 is 4.90 Å². The smallest absolute Gasteiger partial charge is 0.0476 e. The van der Waals surface area contributed by atoms with Gasteiger partial charge in [0.15, 0.2) is 0 Å². The fourth-order valence-electron chi connectivity index (χ4n) is 11.1. The third-order valence-electron chi connectivity index (χ3n) is 13.9. The maximum Gasteiger partial charge on any atom is 0.0476 e. The van der Waals surface area contributed by atoms with Gasteiger partial charge in [0.25, 0.3) is 0 Å². The molecule has 3 aliphatic carbocycles. The van der Waals surface area contributed by atoms with Gasteiger partial charge in [-0.1, -0.05) is 158 Å². The minimum atomic E-state index is 0.0102. The number of rotatable bonds is 6. The summed E-state index contributed by atoms with van der Waals surface area (Å²) in [5, 5.41) is 2.63. The van der Waals surface area contributed by atoms with Crippen LogP contribution in [0.3, 0.4) is 0 Å². The highest BCUT2D eigenvalue weighted by Gasteiger charge is 2.49. The van der Waals surface area contributed by atoms with E-state index in [1.807, 2.05) is 11.3 Å². The maximum absolute atomic E-state index is 2.64. The number of fused-ring (bicyclic) bond motifs is 11. The van der Waals surface area contributed by atoms with Gasteiger partial charge in [0.2, 0.25) is 0 Å². The topological polar surface area (TPSA) is 3.24 Å². The lowest BCUT2D eigenvalue weighted by Gasteiger charge is -2.45. The molecule has 8 aromatic carbocycles. The molecule has 1 nitrogen and oxygen atoms in total. The predicted octanol–water partition coefficient (Wildman–Crippen LogP) is 16.6. The summed E-state index contributed by atoms with van der Waals surface area (Å²) in [7, 11) is 0. The molecule has 0 aliphatic heterocycles. The molecule has 0 radical (unpaired) electrons. The van der Waals surface area contributed by atoms with Crippen LogP contribution in [0.1, 0.15) is 43.7 Å². The second-order valence-electron chi connectivity index (χ2n) is 17.4. The van der Waals surface area contributed by atoms with Crippen LogP contribution in [0.4, 0.5) is 17.1 Å². The zero-order valence-corrected chi connectivity index (χ0v) is 34.6. The summed E-state index contributed by atoms with van der Waals surface area (Å²) in [6.07, 6.45) is 7.75. The van der Waals surface area contributed by atoms with Gasteiger partial charge in [-0.25, -0.2) is 0 Å². The highest BCUT2D eigenvalue weighted by Crippen LogP contribution is 2.61. The summed E-state index contributed by atoms with van der Waals surface area (Å²) in [5.74, 6) is 1.49. The van der Waals surface area contributed by atoms with Crippen LogP contribution in [0.5, 0.6) is 0 Å². The summed E-state index contributed by atoms with van der Waals surface area (Å²) < 4.78 is 2.62. The van der Waals surface area contributed by atoms with Gasteiger partial charge in [-0.2, -0.15) is 0 Å². The molecule has 9 aromatic rings. The fraction of sp³-hybridized carbons (Fsp3) is 0.138. The average molecular weight is 788 g/mol. The van der Waals surface area contributed by atoms with E-state index in [1.165, 1.54) is 101 Å². The lowest BCUT2D eigenvalue weighted by molar-refractivity contribution is 0.284. The van der Waals surface area contributed by atoms with Gasteiger partial charge in [0, 0.05) is 42.6 Å². The van der Waals surface area contributed by atoms with Crippen molar-refractivity contribution >= 4 is 48.6 Å². The van der Waals surface area contributed by atoms with Gasteiger partial charge in [0.05, 0.1) is 0 Å². The molecule has 2 bridgehead atoms. The minimum Gasteiger partial charge on any atom is -0.310 e. The molecule has 1 aromatic heterocycles. The normalized spacial score (nSPS) is 19.0. The highest BCUT2D eigenvalue weighted by molar-refractivity contribution is 7.25. The zero-order valence-electron chi connectivity index (χ0n) is 33.8. The summed E-state index contributed by atoms with van der Waals surface area (Å²) in [6, 6.07) is 70.1. The van der Waals surface area contributed by atoms with Gasteiger partial charge in [-0.05, 0) is 142 Å². The molecule has 3 aliphatic rings. The number of anilines is 3. The van der Waals surface area contributed by atoms with Gasteiger partial charge in [-0.3, -0.25) is 0 Å². The maximum atomic E-state index is 2.64. The van der Waals surface area contributed by atoms with Crippen molar-refractivity contribution in [1.82, 2.24) is 0 Å². The second kappa shape index (κ2) is 14.1. The van der Waals surface area contributed by atoms with Gasteiger partial charge in [0.1, 0.15) is 0 Å². The molecule has 1 saturated carbocycles. The number of benzene rings is 8. The molecule has 3 atom stereocenters. The molecule has 0 amide bonds. The van der Waals surface area contributed by atoms with Crippen LogP contribution in [0.25, 0.3) is 64.7 Å². The Morgan fingerprint density at radius 2 is 1.05 bits per heavy atom. The quantitative estimate of drug-likeness (QED) is 0.152. The van der Waals surface area contributed by atoms with Crippen molar-refractivity contribution in [3.63, 3.8) is 0 Å². The van der Waals surface area contributed by atoms with Crippen molar-refractivity contribution in [2.45, 2.75) is 38.0 Å². The monoisotopic (exact) mass is 787 g/mol. The molecule has 1 spiro atoms. The number of nitrogens with zero attached hydrogens (tertiary/aromatic N) is 1. The van der Waals surface area contributed by atoms with E-state index in [0.29, 0.717) is 5.92 Å². The molecule has 1 fully saturated rings. The molecule has 1 heterocycles. The van der Waals surface area contributed by atoms with Crippen molar-refractivity contribution in [2.75, 3.05) is 4.90 Å². The van der Waals surface area contributed by atoms with E-state index in [2.05, 4.69) is 206 Å². The van der Waals surface area contributed by atoms with E-state index in [0.717, 1.165) is 23.0 Å². The number of allylic oxidation sites excluding steroid dienone is 2. The molecular formula is C58H45NS. The number of hydrogen-bond donors (Lipinski definition) is 0. The van der Waals surface area contributed by atoms with Crippen molar-refractivity contribution in [2.24, 2.45) is 11.8 Å². The average Bonchev–Trinajstić information content (AvgIpc) is 3.81. The van der Waals surface area contributed by atoms with E-state index in [9.17, 15) is 0 Å². The lowest BCUT2D eigenvalue weighted by Crippen LogP contribution is -2.36. The SMILES string of the molecule is CC1C=C2CC(CCC23c2ccccc2-c2ccc(-c4ccc(-c5ccc(N(c6ccc(-c7ccccc7)cc6)c6ccc7c(c6)sc6ccccc67)cc5)cc4)cc23)C1. The van der Waals surface area contributed by atoms with Gasteiger partial charge < -0.3 is 4.90 Å². The summed E-state index contributed by atoms with van der Waals surface area (Å²) in [6.45, 7) is 2.42. The lowest BCUT2D eigenvalue weighted by atomic mass is 9.58. The first-order chi connectivity index (χ1) is 29.6. The molecule has 2 heteroatoms. The number of thiophene rings is 1.